The van der Waals surface area contributed by atoms with Crippen LogP contribution >= 0.6 is 11.3 Å². The van der Waals surface area contributed by atoms with Crippen molar-refractivity contribution in [1.82, 2.24) is 14.6 Å². The van der Waals surface area contributed by atoms with Crippen molar-refractivity contribution in [3.05, 3.63) is 41.2 Å². The van der Waals surface area contributed by atoms with Crippen LogP contribution in [0.3, 0.4) is 0 Å². The van der Waals surface area contributed by atoms with Crippen molar-refractivity contribution in [3.63, 3.8) is 0 Å². The lowest BCUT2D eigenvalue weighted by Gasteiger charge is -2.02. The molecule has 4 nitrogen and oxygen atoms in total. The van der Waals surface area contributed by atoms with Crippen LogP contribution in [-0.4, -0.2) is 14.6 Å². The summed E-state index contributed by atoms with van der Waals surface area (Å²) in [6.07, 6.45) is 1.89. The third-order valence-electron chi connectivity index (χ3n) is 2.91. The Morgan fingerprint density at radius 3 is 2.83 bits per heavy atom. The van der Waals surface area contributed by atoms with Crippen molar-refractivity contribution in [2.75, 3.05) is 0 Å². The second kappa shape index (κ2) is 4.19. The predicted molar refractivity (Wildman–Crippen MR) is 73.7 cm³/mol. The van der Waals surface area contributed by atoms with E-state index in [-0.39, 0.29) is 0 Å². The number of imidazole rings is 1. The van der Waals surface area contributed by atoms with Crippen molar-refractivity contribution in [2.45, 2.75) is 20.4 Å². The summed E-state index contributed by atoms with van der Waals surface area (Å²) < 4.78 is 1.81. The van der Waals surface area contributed by atoms with Gasteiger partial charge in [0, 0.05) is 12.1 Å². The molecule has 0 aliphatic carbocycles. The monoisotopic (exact) mass is 258 g/mol. The van der Waals surface area contributed by atoms with E-state index in [4.69, 9.17) is 5.73 Å². The van der Waals surface area contributed by atoms with Crippen molar-refractivity contribution in [3.8, 4) is 10.6 Å². The summed E-state index contributed by atoms with van der Waals surface area (Å²) in [6, 6.07) is 6.40. The Morgan fingerprint density at radius 2 is 2.17 bits per heavy atom. The molecule has 18 heavy (non-hydrogen) atoms. The topological polar surface area (TPSA) is 56.2 Å². The zero-order chi connectivity index (χ0) is 12.7. The quantitative estimate of drug-likeness (QED) is 0.768. The Labute approximate surface area is 109 Å². The van der Waals surface area contributed by atoms with Crippen LogP contribution in [-0.2, 0) is 6.54 Å². The molecule has 0 bridgehead atoms. The van der Waals surface area contributed by atoms with Gasteiger partial charge < -0.3 is 5.73 Å². The van der Waals surface area contributed by atoms with Gasteiger partial charge in [0.1, 0.15) is 5.01 Å². The molecule has 0 fully saturated rings. The van der Waals surface area contributed by atoms with Gasteiger partial charge in [-0.15, -0.1) is 0 Å². The van der Waals surface area contributed by atoms with Gasteiger partial charge in [-0.1, -0.05) is 35.1 Å². The maximum Gasteiger partial charge on any atom is 0.212 e. The van der Waals surface area contributed by atoms with Crippen LogP contribution in [0.1, 0.15) is 16.8 Å². The third-order valence-corrected chi connectivity index (χ3v) is 3.87. The normalized spacial score (nSPS) is 11.3. The van der Waals surface area contributed by atoms with Gasteiger partial charge in [0.05, 0.1) is 11.9 Å². The van der Waals surface area contributed by atoms with Gasteiger partial charge in [0.2, 0.25) is 4.96 Å². The van der Waals surface area contributed by atoms with Gasteiger partial charge in [-0.2, -0.15) is 5.10 Å². The number of rotatable bonds is 2. The van der Waals surface area contributed by atoms with E-state index in [1.165, 1.54) is 16.7 Å². The summed E-state index contributed by atoms with van der Waals surface area (Å²) in [5, 5.41) is 5.56. The van der Waals surface area contributed by atoms with Crippen LogP contribution in [0.4, 0.5) is 0 Å². The van der Waals surface area contributed by atoms with Crippen LogP contribution < -0.4 is 5.73 Å². The molecular formula is C13H14N4S. The Hall–Kier alpha value is -1.72. The van der Waals surface area contributed by atoms with Crippen LogP contribution in [0, 0.1) is 13.8 Å². The van der Waals surface area contributed by atoms with Crippen LogP contribution in [0.25, 0.3) is 15.5 Å². The molecule has 0 radical (unpaired) electrons. The first-order valence-corrected chi connectivity index (χ1v) is 6.62. The second-order valence-corrected chi connectivity index (χ2v) is 5.35. The maximum atomic E-state index is 5.56. The lowest BCUT2D eigenvalue weighted by Crippen LogP contribution is -1.95. The number of aryl methyl sites for hydroxylation is 2. The summed E-state index contributed by atoms with van der Waals surface area (Å²) in [4.78, 5) is 5.31. The molecule has 3 aromatic rings. The number of nitrogens with zero attached hydrogens (tertiary/aromatic N) is 3. The number of hydrogen-bond donors (Lipinski definition) is 1. The van der Waals surface area contributed by atoms with Crippen LogP contribution in [0.2, 0.25) is 0 Å². The highest BCUT2D eigenvalue weighted by Crippen LogP contribution is 2.28. The Balaban J connectivity index is 2.10. The zero-order valence-electron chi connectivity index (χ0n) is 10.3. The molecule has 1 aromatic carbocycles. The zero-order valence-corrected chi connectivity index (χ0v) is 11.2. The molecule has 92 valence electrons. The maximum absolute atomic E-state index is 5.56. The number of hydrogen-bond acceptors (Lipinski definition) is 4. The molecule has 2 heterocycles. The SMILES string of the molecule is Cc1ccc(-c2nn3cc(CN)nc3s2)c(C)c1. The van der Waals surface area contributed by atoms with Crippen LogP contribution in [0.5, 0.6) is 0 Å². The Morgan fingerprint density at radius 1 is 1.33 bits per heavy atom. The van der Waals surface area contributed by atoms with E-state index in [9.17, 15) is 0 Å². The van der Waals surface area contributed by atoms with Crippen molar-refractivity contribution >= 4 is 16.3 Å². The molecule has 0 spiro atoms. The number of fused-ring (bicyclic) bond motifs is 1. The molecular weight excluding hydrogens is 244 g/mol. The number of aromatic nitrogens is 3. The van der Waals surface area contributed by atoms with E-state index in [0.717, 1.165) is 15.7 Å². The van der Waals surface area contributed by atoms with Gasteiger partial charge in [-0.3, -0.25) is 0 Å². The summed E-state index contributed by atoms with van der Waals surface area (Å²) in [7, 11) is 0. The molecule has 2 N–H and O–H groups in total. The minimum Gasteiger partial charge on any atom is -0.325 e. The predicted octanol–water partition coefficient (Wildman–Crippen LogP) is 2.53. The summed E-state index contributed by atoms with van der Waals surface area (Å²) >= 11 is 1.59. The average molecular weight is 258 g/mol. The molecule has 0 unspecified atom stereocenters. The van der Waals surface area contributed by atoms with Gasteiger partial charge in [0.25, 0.3) is 0 Å². The fourth-order valence-corrected chi connectivity index (χ4v) is 3.00. The van der Waals surface area contributed by atoms with E-state index >= 15 is 0 Å². The van der Waals surface area contributed by atoms with Gasteiger partial charge in [-0.05, 0) is 19.4 Å². The Bertz CT molecular complexity index is 679. The van der Waals surface area contributed by atoms with Crippen LogP contribution in [0.15, 0.2) is 24.4 Å². The molecule has 0 amide bonds. The summed E-state index contributed by atoms with van der Waals surface area (Å²) in [6.45, 7) is 4.66. The molecule has 2 aromatic heterocycles. The number of benzene rings is 1. The molecule has 0 saturated heterocycles. The van der Waals surface area contributed by atoms with Crippen molar-refractivity contribution in [2.24, 2.45) is 5.73 Å². The lowest BCUT2D eigenvalue weighted by molar-refractivity contribution is 0.959. The minimum atomic E-state index is 0.453. The first kappa shape index (κ1) is 11.4. The van der Waals surface area contributed by atoms with E-state index in [2.05, 4.69) is 42.1 Å². The largest absolute Gasteiger partial charge is 0.325 e. The van der Waals surface area contributed by atoms with E-state index in [1.807, 2.05) is 10.7 Å². The fourth-order valence-electron chi connectivity index (χ4n) is 2.01. The molecule has 5 heteroatoms. The van der Waals surface area contributed by atoms with E-state index < -0.39 is 0 Å². The standard InChI is InChI=1S/C13H14N4S/c1-8-3-4-11(9(2)5-8)12-16-17-7-10(6-14)15-13(17)18-12/h3-5,7H,6,14H2,1-2H3. The fraction of sp³-hybridized carbons (Fsp3) is 0.231. The highest BCUT2D eigenvalue weighted by Gasteiger charge is 2.11. The highest BCUT2D eigenvalue weighted by atomic mass is 32.1. The van der Waals surface area contributed by atoms with E-state index in [1.54, 1.807) is 11.3 Å². The van der Waals surface area contributed by atoms with Gasteiger partial charge >= 0.3 is 0 Å². The second-order valence-electron chi connectivity index (χ2n) is 4.39. The minimum absolute atomic E-state index is 0.453. The lowest BCUT2D eigenvalue weighted by atomic mass is 10.1. The number of nitrogens with two attached hydrogens (primary N) is 1. The Kier molecular flexibility index (Phi) is 2.65. The smallest absolute Gasteiger partial charge is 0.212 e. The average Bonchev–Trinajstić information content (AvgIpc) is 2.86. The van der Waals surface area contributed by atoms with Crippen molar-refractivity contribution < 1.29 is 0 Å². The summed E-state index contributed by atoms with van der Waals surface area (Å²) in [5.41, 5.74) is 10.1. The van der Waals surface area contributed by atoms with Crippen molar-refractivity contribution in [1.29, 1.82) is 0 Å². The third kappa shape index (κ3) is 1.81. The van der Waals surface area contributed by atoms with Gasteiger partial charge in [0.15, 0.2) is 0 Å². The molecule has 3 rings (SSSR count). The molecule has 0 saturated carbocycles. The summed E-state index contributed by atoms with van der Waals surface area (Å²) in [5.74, 6) is 0. The molecule has 0 atom stereocenters. The van der Waals surface area contributed by atoms with E-state index in [0.29, 0.717) is 6.54 Å². The first-order valence-electron chi connectivity index (χ1n) is 5.80. The first-order chi connectivity index (χ1) is 8.67. The van der Waals surface area contributed by atoms with Gasteiger partial charge in [-0.25, -0.2) is 9.50 Å². The highest BCUT2D eigenvalue weighted by molar-refractivity contribution is 7.19. The molecule has 0 aliphatic heterocycles. The molecule has 0 aliphatic rings.